The van der Waals surface area contributed by atoms with E-state index >= 15 is 0 Å². The third-order valence-electron chi connectivity index (χ3n) is 1.69. The minimum atomic E-state index is -0.278. The molecule has 1 aliphatic rings. The maximum atomic E-state index is 10.7. The Balaban J connectivity index is 2.31. The summed E-state index contributed by atoms with van der Waals surface area (Å²) in [5.74, 6) is 0.399. The molecular weight excluding hydrogens is 152 g/mol. The zero-order valence-electron chi connectivity index (χ0n) is 7.30. The number of rotatable bonds is 4. The molecule has 65 valence electrons. The maximum Gasteiger partial charge on any atom is 0.337 e. The molecule has 12 heavy (non-hydrogen) atoms. The molecule has 1 heterocycles. The van der Waals surface area contributed by atoms with Crippen molar-refractivity contribution in [1.82, 2.24) is 0 Å². The second-order valence-electron chi connectivity index (χ2n) is 2.78. The Labute approximate surface area is 72.9 Å². The van der Waals surface area contributed by atoms with Crippen molar-refractivity contribution in [3.8, 4) is 0 Å². The number of unbranched alkanes of at least 4 members (excludes halogenated alkanes) is 2. The average Bonchev–Trinajstić information content (AvgIpc) is 2.05. The summed E-state index contributed by atoms with van der Waals surface area (Å²) in [7, 11) is 0. The van der Waals surface area contributed by atoms with Crippen LogP contribution in [0.2, 0.25) is 0 Å². The van der Waals surface area contributed by atoms with Gasteiger partial charge in [-0.2, -0.15) is 0 Å². The average molecular weight is 165 g/mol. The van der Waals surface area contributed by atoms with Crippen molar-refractivity contribution in [3.63, 3.8) is 0 Å². The van der Waals surface area contributed by atoms with Crippen LogP contribution in [0.3, 0.4) is 0 Å². The quantitative estimate of drug-likeness (QED) is 0.465. The summed E-state index contributed by atoms with van der Waals surface area (Å²) in [6, 6.07) is 0. The summed E-state index contributed by atoms with van der Waals surface area (Å²) in [6.45, 7) is 2.14. The highest BCUT2D eigenvalue weighted by Gasteiger charge is 2.04. The van der Waals surface area contributed by atoms with Crippen molar-refractivity contribution in [2.75, 3.05) is 0 Å². The van der Waals surface area contributed by atoms with E-state index in [-0.39, 0.29) is 5.95 Å². The molecule has 0 saturated carbocycles. The van der Waals surface area contributed by atoms with Crippen molar-refractivity contribution in [3.05, 3.63) is 29.6 Å². The summed E-state index contributed by atoms with van der Waals surface area (Å²) < 4.78 is 4.91. The van der Waals surface area contributed by atoms with Gasteiger partial charge in [-0.1, -0.05) is 25.5 Å². The monoisotopic (exact) mass is 165 g/mol. The third kappa shape index (κ3) is 2.85. The molecule has 1 rings (SSSR count). The standard InChI is InChI=1S/C10H13O2/c1-2-3-4-6-9-7-5-8-10(11)12-9/h5,8H,2-4,6H2,1H3. The molecule has 0 aromatic carbocycles. The minimum Gasteiger partial charge on any atom is -0.419 e. The molecule has 0 aromatic rings. The predicted molar refractivity (Wildman–Crippen MR) is 45.6 cm³/mol. The first-order valence-corrected chi connectivity index (χ1v) is 4.33. The minimum absolute atomic E-state index is 0.278. The zero-order valence-corrected chi connectivity index (χ0v) is 7.30. The lowest BCUT2D eigenvalue weighted by molar-refractivity contribution is 0.0892. The topological polar surface area (TPSA) is 29.1 Å². The first-order valence-electron chi connectivity index (χ1n) is 4.33. The van der Waals surface area contributed by atoms with Crippen molar-refractivity contribution in [1.29, 1.82) is 0 Å². The number of hydrogen-bond donors (Lipinski definition) is 0. The Morgan fingerprint density at radius 1 is 1.50 bits per heavy atom. The van der Waals surface area contributed by atoms with Crippen LogP contribution < -0.4 is 0 Å². The lowest BCUT2D eigenvalue weighted by Gasteiger charge is -2.05. The van der Waals surface area contributed by atoms with Crippen LogP contribution in [0, 0.1) is 0 Å². The first kappa shape index (κ1) is 8.95. The van der Waals surface area contributed by atoms with Gasteiger partial charge in [0.15, 0.2) is 0 Å². The van der Waals surface area contributed by atoms with E-state index in [0.717, 1.165) is 12.8 Å². The second kappa shape index (κ2) is 4.68. The SMILES string of the molecule is CCCCCC1=C=CC=C([O])O1. The Bertz CT molecular complexity index is 232. The fourth-order valence-electron chi connectivity index (χ4n) is 1.05. The number of allylic oxidation sites excluding steroid dienone is 2. The van der Waals surface area contributed by atoms with E-state index < -0.39 is 0 Å². The molecule has 0 unspecified atom stereocenters. The Kier molecular flexibility index (Phi) is 3.49. The van der Waals surface area contributed by atoms with Gasteiger partial charge in [0.05, 0.1) is 0 Å². The highest BCUT2D eigenvalue weighted by atomic mass is 16.6. The van der Waals surface area contributed by atoms with Gasteiger partial charge < -0.3 is 4.74 Å². The zero-order chi connectivity index (χ0) is 8.81. The molecule has 0 fully saturated rings. The molecule has 1 aliphatic heterocycles. The summed E-state index contributed by atoms with van der Waals surface area (Å²) in [5.41, 5.74) is 2.90. The van der Waals surface area contributed by atoms with Crippen LogP contribution >= 0.6 is 0 Å². The van der Waals surface area contributed by atoms with Gasteiger partial charge in [0.1, 0.15) is 5.76 Å². The molecule has 0 spiro atoms. The van der Waals surface area contributed by atoms with Crippen LogP contribution in [-0.4, -0.2) is 0 Å². The van der Waals surface area contributed by atoms with Crippen LogP contribution in [-0.2, 0) is 9.84 Å². The Morgan fingerprint density at radius 2 is 2.33 bits per heavy atom. The molecule has 0 N–H and O–H groups in total. The van der Waals surface area contributed by atoms with Crippen LogP contribution in [0.25, 0.3) is 0 Å². The summed E-state index contributed by atoms with van der Waals surface area (Å²) in [6.07, 6.45) is 7.24. The summed E-state index contributed by atoms with van der Waals surface area (Å²) in [5, 5.41) is 10.7. The van der Waals surface area contributed by atoms with Gasteiger partial charge in [0.2, 0.25) is 0 Å². The Morgan fingerprint density at radius 3 is 3.00 bits per heavy atom. The lowest BCUT2D eigenvalue weighted by atomic mass is 10.2. The molecule has 1 radical (unpaired) electrons. The van der Waals surface area contributed by atoms with Crippen LogP contribution in [0.4, 0.5) is 0 Å². The van der Waals surface area contributed by atoms with Gasteiger partial charge >= 0.3 is 5.95 Å². The highest BCUT2D eigenvalue weighted by molar-refractivity contribution is 5.11. The van der Waals surface area contributed by atoms with E-state index in [1.54, 1.807) is 6.08 Å². The van der Waals surface area contributed by atoms with Crippen molar-refractivity contribution in [2.45, 2.75) is 32.6 Å². The molecule has 0 bridgehead atoms. The van der Waals surface area contributed by atoms with Crippen molar-refractivity contribution in [2.24, 2.45) is 0 Å². The van der Waals surface area contributed by atoms with E-state index in [2.05, 4.69) is 12.7 Å². The normalized spacial score (nSPS) is 15.1. The van der Waals surface area contributed by atoms with Gasteiger partial charge in [-0.3, -0.25) is 0 Å². The van der Waals surface area contributed by atoms with E-state index in [1.807, 2.05) is 0 Å². The van der Waals surface area contributed by atoms with Gasteiger partial charge in [0.25, 0.3) is 0 Å². The summed E-state index contributed by atoms with van der Waals surface area (Å²) in [4.78, 5) is 0. The molecule has 2 heteroatoms. The molecule has 0 amide bonds. The molecule has 0 saturated heterocycles. The van der Waals surface area contributed by atoms with Crippen LogP contribution in [0.15, 0.2) is 29.6 Å². The Hall–Kier alpha value is -1.14. The maximum absolute atomic E-state index is 10.7. The fraction of sp³-hybridized carbons (Fsp3) is 0.500. The van der Waals surface area contributed by atoms with Gasteiger partial charge in [0, 0.05) is 12.5 Å². The van der Waals surface area contributed by atoms with E-state index in [4.69, 9.17) is 4.74 Å². The predicted octanol–water partition coefficient (Wildman–Crippen LogP) is 2.91. The number of hydrogen-bond acceptors (Lipinski definition) is 1. The third-order valence-corrected chi connectivity index (χ3v) is 1.69. The fourth-order valence-corrected chi connectivity index (χ4v) is 1.05. The van der Waals surface area contributed by atoms with Gasteiger partial charge in [-0.05, 0) is 12.5 Å². The van der Waals surface area contributed by atoms with Gasteiger partial charge in [-0.15, -0.1) is 0 Å². The van der Waals surface area contributed by atoms with E-state index in [9.17, 15) is 5.11 Å². The van der Waals surface area contributed by atoms with E-state index in [1.165, 1.54) is 18.9 Å². The first-order chi connectivity index (χ1) is 5.83. The molecule has 2 nitrogen and oxygen atoms in total. The van der Waals surface area contributed by atoms with Gasteiger partial charge in [-0.25, -0.2) is 5.11 Å². The van der Waals surface area contributed by atoms with Crippen molar-refractivity contribution < 1.29 is 9.84 Å². The molecular formula is C10H13O2. The van der Waals surface area contributed by atoms with Crippen molar-refractivity contribution >= 4 is 0 Å². The lowest BCUT2D eigenvalue weighted by Crippen LogP contribution is -1.93. The van der Waals surface area contributed by atoms with Crippen LogP contribution in [0.5, 0.6) is 0 Å². The largest absolute Gasteiger partial charge is 0.419 e. The highest BCUT2D eigenvalue weighted by Crippen LogP contribution is 2.14. The summed E-state index contributed by atoms with van der Waals surface area (Å²) >= 11 is 0. The smallest absolute Gasteiger partial charge is 0.337 e. The van der Waals surface area contributed by atoms with Crippen LogP contribution in [0.1, 0.15) is 32.6 Å². The number of ether oxygens (including phenoxy) is 1. The molecule has 0 atom stereocenters. The molecule has 0 aromatic heterocycles. The molecule has 0 aliphatic carbocycles. The van der Waals surface area contributed by atoms with E-state index in [0.29, 0.717) is 5.76 Å². The second-order valence-corrected chi connectivity index (χ2v) is 2.78.